The van der Waals surface area contributed by atoms with Gasteiger partial charge in [0.1, 0.15) is 5.75 Å². The van der Waals surface area contributed by atoms with Gasteiger partial charge in [-0.15, -0.1) is 12.4 Å². The van der Waals surface area contributed by atoms with Crippen molar-refractivity contribution in [2.45, 2.75) is 19.9 Å². The number of fused-ring (bicyclic) bond motifs is 1. The Bertz CT molecular complexity index is 497. The summed E-state index contributed by atoms with van der Waals surface area (Å²) in [5, 5.41) is 2.39. The van der Waals surface area contributed by atoms with E-state index in [-0.39, 0.29) is 18.4 Å². The average molecular weight is 252 g/mol. The van der Waals surface area contributed by atoms with Crippen LogP contribution in [0.15, 0.2) is 36.4 Å². The summed E-state index contributed by atoms with van der Waals surface area (Å²) in [6, 6.07) is 12.3. The molecule has 0 aliphatic carbocycles. The largest absolute Gasteiger partial charge is 0.494 e. The highest BCUT2D eigenvalue weighted by molar-refractivity contribution is 5.88. The zero-order valence-electron chi connectivity index (χ0n) is 10.1. The maximum absolute atomic E-state index is 6.03. The van der Waals surface area contributed by atoms with E-state index in [0.29, 0.717) is 6.61 Å². The predicted molar refractivity (Wildman–Crippen MR) is 75.0 cm³/mol. The zero-order chi connectivity index (χ0) is 11.5. The molecule has 2 aromatic rings. The highest BCUT2D eigenvalue weighted by atomic mass is 35.5. The molecule has 2 rings (SSSR count). The Morgan fingerprint density at radius 1 is 1.18 bits per heavy atom. The highest BCUT2D eigenvalue weighted by Gasteiger charge is 2.11. The van der Waals surface area contributed by atoms with Crippen LogP contribution in [0.3, 0.4) is 0 Å². The monoisotopic (exact) mass is 251 g/mol. The standard InChI is InChI=1S/C14H17NO.ClH/c1-3-16-13-9-8-11-6-4-5-7-12(11)14(13)10(2)15;/h4-10H,3,15H2,1-2H3;1H. The Labute approximate surface area is 108 Å². The minimum Gasteiger partial charge on any atom is -0.494 e. The second-order valence-corrected chi connectivity index (χ2v) is 3.92. The minimum absolute atomic E-state index is 0. The van der Waals surface area contributed by atoms with Gasteiger partial charge in [-0.1, -0.05) is 30.3 Å². The molecule has 2 aromatic carbocycles. The fourth-order valence-corrected chi connectivity index (χ4v) is 2.03. The third-order valence-electron chi connectivity index (χ3n) is 2.69. The molecule has 0 saturated carbocycles. The number of ether oxygens (including phenoxy) is 1. The van der Waals surface area contributed by atoms with E-state index in [1.54, 1.807) is 0 Å². The Hall–Kier alpha value is -1.25. The van der Waals surface area contributed by atoms with Crippen LogP contribution < -0.4 is 10.5 Å². The predicted octanol–water partition coefficient (Wildman–Crippen LogP) is 3.68. The topological polar surface area (TPSA) is 35.2 Å². The van der Waals surface area contributed by atoms with E-state index in [9.17, 15) is 0 Å². The maximum atomic E-state index is 6.03. The molecule has 0 spiro atoms. The van der Waals surface area contributed by atoms with Gasteiger partial charge in [-0.3, -0.25) is 0 Å². The van der Waals surface area contributed by atoms with Crippen molar-refractivity contribution < 1.29 is 4.74 Å². The van der Waals surface area contributed by atoms with E-state index in [1.165, 1.54) is 10.8 Å². The van der Waals surface area contributed by atoms with Crippen molar-refractivity contribution in [3.8, 4) is 5.75 Å². The quantitative estimate of drug-likeness (QED) is 0.903. The van der Waals surface area contributed by atoms with Gasteiger partial charge >= 0.3 is 0 Å². The maximum Gasteiger partial charge on any atom is 0.124 e. The van der Waals surface area contributed by atoms with Gasteiger partial charge in [-0.25, -0.2) is 0 Å². The first-order chi connectivity index (χ1) is 7.74. The molecule has 1 atom stereocenters. The van der Waals surface area contributed by atoms with Crippen LogP contribution in [0.4, 0.5) is 0 Å². The van der Waals surface area contributed by atoms with Gasteiger partial charge in [0.15, 0.2) is 0 Å². The first-order valence-corrected chi connectivity index (χ1v) is 5.64. The molecular weight excluding hydrogens is 234 g/mol. The smallest absolute Gasteiger partial charge is 0.124 e. The number of halogens is 1. The van der Waals surface area contributed by atoms with E-state index in [1.807, 2.05) is 32.0 Å². The lowest BCUT2D eigenvalue weighted by Gasteiger charge is -2.15. The van der Waals surface area contributed by atoms with Crippen molar-refractivity contribution in [3.05, 3.63) is 42.0 Å². The molecule has 92 valence electrons. The number of benzene rings is 2. The van der Waals surface area contributed by atoms with Crippen molar-refractivity contribution >= 4 is 23.2 Å². The third kappa shape index (κ3) is 2.71. The van der Waals surface area contributed by atoms with Crippen LogP contribution in [0.25, 0.3) is 10.8 Å². The molecule has 0 bridgehead atoms. The molecule has 0 aromatic heterocycles. The second-order valence-electron chi connectivity index (χ2n) is 3.92. The molecule has 0 radical (unpaired) electrons. The zero-order valence-corrected chi connectivity index (χ0v) is 11.0. The first-order valence-electron chi connectivity index (χ1n) is 5.64. The summed E-state index contributed by atoms with van der Waals surface area (Å²) in [5.41, 5.74) is 7.13. The molecular formula is C14H18ClNO. The third-order valence-corrected chi connectivity index (χ3v) is 2.69. The Balaban J connectivity index is 0.00000144. The van der Waals surface area contributed by atoms with Crippen molar-refractivity contribution in [2.75, 3.05) is 6.61 Å². The summed E-state index contributed by atoms with van der Waals surface area (Å²) in [5.74, 6) is 0.899. The van der Waals surface area contributed by atoms with E-state index < -0.39 is 0 Å². The van der Waals surface area contributed by atoms with Gasteiger partial charge in [0.2, 0.25) is 0 Å². The fourth-order valence-electron chi connectivity index (χ4n) is 2.03. The Morgan fingerprint density at radius 2 is 1.88 bits per heavy atom. The van der Waals surface area contributed by atoms with E-state index in [0.717, 1.165) is 11.3 Å². The van der Waals surface area contributed by atoms with Gasteiger partial charge in [0.25, 0.3) is 0 Å². The van der Waals surface area contributed by atoms with Crippen LogP contribution in [0.2, 0.25) is 0 Å². The van der Waals surface area contributed by atoms with Gasteiger partial charge in [-0.2, -0.15) is 0 Å². The number of hydrogen-bond acceptors (Lipinski definition) is 2. The van der Waals surface area contributed by atoms with E-state index >= 15 is 0 Å². The lowest BCUT2D eigenvalue weighted by Crippen LogP contribution is -2.08. The molecule has 17 heavy (non-hydrogen) atoms. The molecule has 2 N–H and O–H groups in total. The lowest BCUT2D eigenvalue weighted by molar-refractivity contribution is 0.335. The Kier molecular flexibility index (Phi) is 4.79. The van der Waals surface area contributed by atoms with Crippen molar-refractivity contribution in [1.82, 2.24) is 0 Å². The lowest BCUT2D eigenvalue weighted by atomic mass is 9.99. The molecule has 2 nitrogen and oxygen atoms in total. The van der Waals surface area contributed by atoms with Crippen molar-refractivity contribution in [3.63, 3.8) is 0 Å². The van der Waals surface area contributed by atoms with Gasteiger partial charge < -0.3 is 10.5 Å². The molecule has 3 heteroatoms. The SMILES string of the molecule is CCOc1ccc2ccccc2c1C(C)N.Cl. The summed E-state index contributed by atoms with van der Waals surface area (Å²) < 4.78 is 5.63. The summed E-state index contributed by atoms with van der Waals surface area (Å²) in [7, 11) is 0. The van der Waals surface area contributed by atoms with E-state index in [2.05, 4.69) is 18.2 Å². The van der Waals surface area contributed by atoms with E-state index in [4.69, 9.17) is 10.5 Å². The Morgan fingerprint density at radius 3 is 2.53 bits per heavy atom. The molecule has 0 fully saturated rings. The fraction of sp³-hybridized carbons (Fsp3) is 0.286. The first kappa shape index (κ1) is 13.8. The number of rotatable bonds is 3. The summed E-state index contributed by atoms with van der Waals surface area (Å²) >= 11 is 0. The number of nitrogens with two attached hydrogens (primary N) is 1. The summed E-state index contributed by atoms with van der Waals surface area (Å²) in [6.45, 7) is 4.64. The van der Waals surface area contributed by atoms with Crippen LogP contribution in [-0.2, 0) is 0 Å². The van der Waals surface area contributed by atoms with Crippen LogP contribution in [0, 0.1) is 0 Å². The van der Waals surface area contributed by atoms with Crippen LogP contribution >= 0.6 is 12.4 Å². The molecule has 0 saturated heterocycles. The van der Waals surface area contributed by atoms with Crippen LogP contribution in [0.1, 0.15) is 25.5 Å². The van der Waals surface area contributed by atoms with Crippen molar-refractivity contribution in [2.24, 2.45) is 5.73 Å². The van der Waals surface area contributed by atoms with Gasteiger partial charge in [0.05, 0.1) is 6.61 Å². The van der Waals surface area contributed by atoms with Gasteiger partial charge in [0, 0.05) is 11.6 Å². The van der Waals surface area contributed by atoms with Crippen molar-refractivity contribution in [1.29, 1.82) is 0 Å². The van der Waals surface area contributed by atoms with Crippen LogP contribution in [0.5, 0.6) is 5.75 Å². The van der Waals surface area contributed by atoms with Crippen LogP contribution in [-0.4, -0.2) is 6.61 Å². The summed E-state index contributed by atoms with van der Waals surface area (Å²) in [6.07, 6.45) is 0. The highest BCUT2D eigenvalue weighted by Crippen LogP contribution is 2.31. The minimum atomic E-state index is -0.0207. The molecule has 0 aliphatic heterocycles. The van der Waals surface area contributed by atoms with Gasteiger partial charge in [-0.05, 0) is 30.7 Å². The normalized spacial score (nSPS) is 11.9. The second kappa shape index (κ2) is 5.89. The summed E-state index contributed by atoms with van der Waals surface area (Å²) in [4.78, 5) is 0. The molecule has 0 heterocycles. The molecule has 0 aliphatic rings. The number of hydrogen-bond donors (Lipinski definition) is 1. The molecule has 1 unspecified atom stereocenters. The average Bonchev–Trinajstić information content (AvgIpc) is 2.28. The molecule has 0 amide bonds.